The van der Waals surface area contributed by atoms with Crippen LogP contribution in [0.2, 0.25) is 5.02 Å². The van der Waals surface area contributed by atoms with Gasteiger partial charge in [0.05, 0.1) is 4.90 Å². The summed E-state index contributed by atoms with van der Waals surface area (Å²) in [6.07, 6.45) is 2.25. The predicted molar refractivity (Wildman–Crippen MR) is 92.5 cm³/mol. The fourth-order valence-corrected chi connectivity index (χ4v) is 3.88. The van der Waals surface area contributed by atoms with Crippen molar-refractivity contribution in [3.05, 3.63) is 63.5 Å². The van der Waals surface area contributed by atoms with E-state index in [1.54, 1.807) is 18.2 Å². The van der Waals surface area contributed by atoms with Crippen LogP contribution in [0.3, 0.4) is 0 Å². The van der Waals surface area contributed by atoms with Gasteiger partial charge in [0.25, 0.3) is 0 Å². The number of rotatable bonds is 3. The maximum atomic E-state index is 12.6. The minimum Gasteiger partial charge on any atom is -0.490 e. The Morgan fingerprint density at radius 2 is 2.00 bits per heavy atom. The summed E-state index contributed by atoms with van der Waals surface area (Å²) in [4.78, 5) is -0.269. The highest BCUT2D eigenvalue weighted by atomic mass is 35.5. The first-order valence-electron chi connectivity index (χ1n) is 7.32. The van der Waals surface area contributed by atoms with E-state index >= 15 is 0 Å². The highest BCUT2D eigenvalue weighted by molar-refractivity contribution is 7.95. The van der Waals surface area contributed by atoms with Crippen LogP contribution in [0.5, 0.6) is 5.75 Å². The van der Waals surface area contributed by atoms with E-state index in [0.29, 0.717) is 10.6 Å². The summed E-state index contributed by atoms with van der Waals surface area (Å²) in [7, 11) is -3.88. The van der Waals surface area contributed by atoms with Gasteiger partial charge in [-0.3, -0.25) is 0 Å². The van der Waals surface area contributed by atoms with Gasteiger partial charge in [-0.1, -0.05) is 17.7 Å². The standard InChI is InChI=1S/C18H14ClNO3S/c1-12-8-14-9-13(2-7-18(14)23-12)10-17(11-20)24(21,22)16-5-3-15(19)4-6-16/h2-7,9-10,12H,8H2,1H3/b17-10+. The maximum Gasteiger partial charge on any atom is 0.216 e. The van der Waals surface area contributed by atoms with Crippen molar-refractivity contribution in [3.8, 4) is 11.8 Å². The summed E-state index contributed by atoms with van der Waals surface area (Å²) in [5.41, 5.74) is 1.66. The third-order valence-corrected chi connectivity index (χ3v) is 5.67. The van der Waals surface area contributed by atoms with Crippen molar-refractivity contribution in [1.29, 1.82) is 5.26 Å². The number of nitriles is 1. The number of hydrogen-bond donors (Lipinski definition) is 0. The fraction of sp³-hybridized carbons (Fsp3) is 0.167. The Kier molecular flexibility index (Phi) is 4.35. The lowest BCUT2D eigenvalue weighted by Crippen LogP contribution is -2.05. The molecule has 2 aromatic carbocycles. The number of sulfone groups is 1. The highest BCUT2D eigenvalue weighted by Crippen LogP contribution is 2.31. The number of allylic oxidation sites excluding steroid dienone is 1. The van der Waals surface area contributed by atoms with Gasteiger partial charge < -0.3 is 4.74 Å². The van der Waals surface area contributed by atoms with Crippen molar-refractivity contribution in [1.82, 2.24) is 0 Å². The Hall–Kier alpha value is -2.29. The molecule has 0 aliphatic carbocycles. The zero-order valence-corrected chi connectivity index (χ0v) is 14.4. The SMILES string of the molecule is CC1Cc2cc(/C=C(\C#N)S(=O)(=O)c3ccc(Cl)cc3)ccc2O1. The van der Waals surface area contributed by atoms with Gasteiger partial charge in [0.1, 0.15) is 22.8 Å². The molecule has 1 unspecified atom stereocenters. The summed E-state index contributed by atoms with van der Waals surface area (Å²) in [6.45, 7) is 1.97. The Labute approximate surface area is 145 Å². The largest absolute Gasteiger partial charge is 0.490 e. The van der Waals surface area contributed by atoms with E-state index in [1.165, 1.54) is 30.3 Å². The summed E-state index contributed by atoms with van der Waals surface area (Å²) < 4.78 is 30.8. The maximum absolute atomic E-state index is 12.6. The zero-order chi connectivity index (χ0) is 17.3. The molecule has 0 radical (unpaired) electrons. The second kappa shape index (κ2) is 6.31. The molecule has 6 heteroatoms. The van der Waals surface area contributed by atoms with Crippen LogP contribution >= 0.6 is 11.6 Å². The van der Waals surface area contributed by atoms with Crippen molar-refractivity contribution >= 4 is 27.5 Å². The Bertz CT molecular complexity index is 957. The Balaban J connectivity index is 2.00. The van der Waals surface area contributed by atoms with Gasteiger partial charge in [0.15, 0.2) is 0 Å². The van der Waals surface area contributed by atoms with Crippen LogP contribution < -0.4 is 4.74 Å². The van der Waals surface area contributed by atoms with Gasteiger partial charge in [0.2, 0.25) is 9.84 Å². The number of ether oxygens (including phenoxy) is 1. The van der Waals surface area contributed by atoms with E-state index in [4.69, 9.17) is 16.3 Å². The third kappa shape index (κ3) is 3.16. The van der Waals surface area contributed by atoms with Crippen molar-refractivity contribution in [2.45, 2.75) is 24.3 Å². The van der Waals surface area contributed by atoms with Gasteiger partial charge in [-0.2, -0.15) is 5.26 Å². The molecular formula is C18H14ClNO3S. The smallest absolute Gasteiger partial charge is 0.216 e. The highest BCUT2D eigenvalue weighted by Gasteiger charge is 2.22. The first-order valence-corrected chi connectivity index (χ1v) is 9.18. The molecule has 0 fully saturated rings. The van der Waals surface area contributed by atoms with Crippen molar-refractivity contribution in [3.63, 3.8) is 0 Å². The first kappa shape index (κ1) is 16.6. The van der Waals surface area contributed by atoms with Gasteiger partial charge in [0, 0.05) is 11.4 Å². The van der Waals surface area contributed by atoms with Crippen LogP contribution in [0.25, 0.3) is 6.08 Å². The van der Waals surface area contributed by atoms with Crippen LogP contribution in [0.1, 0.15) is 18.1 Å². The minimum atomic E-state index is -3.88. The van der Waals surface area contributed by atoms with Gasteiger partial charge in [-0.25, -0.2) is 8.42 Å². The van der Waals surface area contributed by atoms with Gasteiger partial charge in [-0.05, 0) is 60.5 Å². The fourth-order valence-electron chi connectivity index (χ4n) is 2.59. The molecule has 0 saturated carbocycles. The molecule has 24 heavy (non-hydrogen) atoms. The Morgan fingerprint density at radius 3 is 2.67 bits per heavy atom. The molecule has 2 aromatic rings. The lowest BCUT2D eigenvalue weighted by atomic mass is 10.1. The number of halogens is 1. The normalized spacial score (nSPS) is 17.0. The topological polar surface area (TPSA) is 67.2 Å². The van der Waals surface area contributed by atoms with Crippen molar-refractivity contribution in [2.24, 2.45) is 0 Å². The second-order valence-electron chi connectivity index (χ2n) is 5.58. The molecule has 0 N–H and O–H groups in total. The van der Waals surface area contributed by atoms with Crippen LogP contribution in [0, 0.1) is 11.3 Å². The summed E-state index contributed by atoms with van der Waals surface area (Å²) >= 11 is 5.78. The second-order valence-corrected chi connectivity index (χ2v) is 7.93. The number of hydrogen-bond acceptors (Lipinski definition) is 4. The molecule has 4 nitrogen and oxygen atoms in total. The Morgan fingerprint density at radius 1 is 1.29 bits per heavy atom. The molecule has 1 atom stereocenters. The van der Waals surface area contributed by atoms with E-state index in [9.17, 15) is 13.7 Å². The molecule has 3 rings (SSSR count). The van der Waals surface area contributed by atoms with Crippen molar-refractivity contribution in [2.75, 3.05) is 0 Å². The van der Waals surface area contributed by atoms with E-state index in [-0.39, 0.29) is 15.9 Å². The zero-order valence-electron chi connectivity index (χ0n) is 12.9. The minimum absolute atomic E-state index is 0.0396. The molecule has 0 amide bonds. The molecule has 1 aliphatic rings. The monoisotopic (exact) mass is 359 g/mol. The van der Waals surface area contributed by atoms with Crippen LogP contribution in [0.4, 0.5) is 0 Å². The van der Waals surface area contributed by atoms with E-state index in [0.717, 1.165) is 17.7 Å². The van der Waals surface area contributed by atoms with Crippen LogP contribution in [0.15, 0.2) is 52.3 Å². The predicted octanol–water partition coefficient (Wildman–Crippen LogP) is 4.00. The number of benzene rings is 2. The van der Waals surface area contributed by atoms with Gasteiger partial charge in [-0.15, -0.1) is 0 Å². The molecule has 122 valence electrons. The number of fused-ring (bicyclic) bond motifs is 1. The van der Waals surface area contributed by atoms with Crippen molar-refractivity contribution < 1.29 is 13.2 Å². The molecule has 0 bridgehead atoms. The van der Waals surface area contributed by atoms with Crippen LogP contribution in [-0.2, 0) is 16.3 Å². The van der Waals surface area contributed by atoms with E-state index in [1.807, 2.05) is 13.0 Å². The summed E-state index contributed by atoms with van der Waals surface area (Å²) in [5, 5.41) is 9.76. The van der Waals surface area contributed by atoms with E-state index < -0.39 is 9.84 Å². The summed E-state index contributed by atoms with van der Waals surface area (Å²) in [5.74, 6) is 0.804. The number of nitrogens with zero attached hydrogens (tertiary/aromatic N) is 1. The molecule has 1 aliphatic heterocycles. The average molecular weight is 360 g/mol. The quantitative estimate of drug-likeness (QED) is 0.777. The molecular weight excluding hydrogens is 346 g/mol. The molecule has 1 heterocycles. The average Bonchev–Trinajstić information content (AvgIpc) is 2.92. The first-order chi connectivity index (χ1) is 11.4. The molecule has 0 aromatic heterocycles. The lowest BCUT2D eigenvalue weighted by molar-refractivity contribution is 0.254. The summed E-state index contributed by atoms with van der Waals surface area (Å²) in [6, 6.07) is 12.9. The lowest BCUT2D eigenvalue weighted by Gasteiger charge is -2.04. The molecule has 0 saturated heterocycles. The molecule has 0 spiro atoms. The third-order valence-electron chi connectivity index (χ3n) is 3.74. The van der Waals surface area contributed by atoms with Crippen LogP contribution in [-0.4, -0.2) is 14.5 Å². The van der Waals surface area contributed by atoms with Gasteiger partial charge >= 0.3 is 0 Å². The van der Waals surface area contributed by atoms with E-state index in [2.05, 4.69) is 0 Å².